The highest BCUT2D eigenvalue weighted by Crippen LogP contribution is 2.16. The van der Waals surface area contributed by atoms with Gasteiger partial charge in [-0.1, -0.05) is 52.3 Å². The molecule has 0 bridgehead atoms. The number of anilines is 1. The average Bonchev–Trinajstić information content (AvgIpc) is 2.69. The molecule has 0 heterocycles. The normalized spacial score (nSPS) is 11.5. The molecule has 1 atom stereocenters. The zero-order valence-electron chi connectivity index (χ0n) is 14.8. The molecule has 0 aliphatic carbocycles. The van der Waals surface area contributed by atoms with E-state index in [1.54, 1.807) is 36.4 Å². The van der Waals surface area contributed by atoms with Crippen molar-refractivity contribution in [1.82, 2.24) is 5.32 Å². The Balaban J connectivity index is 1.68. The molecule has 0 aliphatic rings. The molecule has 3 rings (SSSR count). The van der Waals surface area contributed by atoms with Gasteiger partial charge in [-0.05, 0) is 55.0 Å². The van der Waals surface area contributed by atoms with Crippen LogP contribution in [0.2, 0.25) is 0 Å². The van der Waals surface area contributed by atoms with Crippen LogP contribution in [0.5, 0.6) is 0 Å². The number of halogens is 1. The van der Waals surface area contributed by atoms with Crippen LogP contribution in [0.1, 0.15) is 39.2 Å². The summed E-state index contributed by atoms with van der Waals surface area (Å²) >= 11 is 3.35. The predicted molar refractivity (Wildman–Crippen MR) is 111 cm³/mol. The van der Waals surface area contributed by atoms with Crippen LogP contribution in [0.25, 0.3) is 0 Å². The molecule has 1 unspecified atom stereocenters. The minimum atomic E-state index is -0.224. The Kier molecular flexibility index (Phi) is 6.04. The summed E-state index contributed by atoms with van der Waals surface area (Å²) in [6.07, 6.45) is 0. The number of nitrogens with one attached hydrogen (secondary N) is 2. The van der Waals surface area contributed by atoms with E-state index in [0.29, 0.717) is 16.8 Å². The van der Waals surface area contributed by atoms with Crippen LogP contribution >= 0.6 is 15.9 Å². The van der Waals surface area contributed by atoms with Gasteiger partial charge < -0.3 is 10.6 Å². The lowest BCUT2D eigenvalue weighted by Crippen LogP contribution is -2.26. The van der Waals surface area contributed by atoms with Crippen LogP contribution in [0, 0.1) is 0 Å². The van der Waals surface area contributed by atoms with Crippen molar-refractivity contribution in [3.05, 3.63) is 100 Å². The van der Waals surface area contributed by atoms with Crippen LogP contribution in [-0.4, -0.2) is 11.8 Å². The summed E-state index contributed by atoms with van der Waals surface area (Å²) in [7, 11) is 0. The van der Waals surface area contributed by atoms with Gasteiger partial charge in [-0.2, -0.15) is 0 Å². The molecule has 0 fully saturated rings. The van der Waals surface area contributed by atoms with Gasteiger partial charge in [-0.3, -0.25) is 9.59 Å². The molecule has 27 heavy (non-hydrogen) atoms. The molecule has 2 amide bonds. The van der Waals surface area contributed by atoms with Crippen molar-refractivity contribution in [2.24, 2.45) is 0 Å². The lowest BCUT2D eigenvalue weighted by molar-refractivity contribution is 0.0938. The molecule has 3 aromatic carbocycles. The third-order valence-corrected chi connectivity index (χ3v) is 4.66. The maximum absolute atomic E-state index is 12.5. The second-order valence-electron chi connectivity index (χ2n) is 6.15. The Hall–Kier alpha value is -2.92. The number of hydrogen-bond acceptors (Lipinski definition) is 2. The van der Waals surface area contributed by atoms with Crippen molar-refractivity contribution in [2.45, 2.75) is 13.0 Å². The first-order valence-electron chi connectivity index (χ1n) is 8.56. The lowest BCUT2D eigenvalue weighted by atomic mass is 10.1. The van der Waals surface area contributed by atoms with Gasteiger partial charge in [0.1, 0.15) is 0 Å². The smallest absolute Gasteiger partial charge is 0.255 e. The van der Waals surface area contributed by atoms with Gasteiger partial charge in [0.25, 0.3) is 11.8 Å². The van der Waals surface area contributed by atoms with Crippen LogP contribution in [0.4, 0.5) is 5.69 Å². The number of hydrogen-bond donors (Lipinski definition) is 2. The molecule has 0 saturated carbocycles. The Morgan fingerprint density at radius 3 is 2.22 bits per heavy atom. The van der Waals surface area contributed by atoms with Crippen LogP contribution in [0.15, 0.2) is 83.3 Å². The van der Waals surface area contributed by atoms with E-state index in [1.165, 1.54) is 0 Å². The number of carbonyl (C=O) groups is 2. The highest BCUT2D eigenvalue weighted by atomic mass is 79.9. The third kappa shape index (κ3) is 5.05. The fraction of sp³-hybridized carbons (Fsp3) is 0.0909. The minimum absolute atomic E-state index is 0.111. The molecule has 5 heteroatoms. The topological polar surface area (TPSA) is 58.2 Å². The van der Waals surface area contributed by atoms with Crippen LogP contribution in [0.3, 0.4) is 0 Å². The van der Waals surface area contributed by atoms with Crippen LogP contribution in [-0.2, 0) is 0 Å². The SMILES string of the molecule is CC(NC(=O)c1cccc(NC(=O)c2ccc(Br)cc2)c1)c1ccccc1. The number of amides is 2. The standard InChI is InChI=1S/C22H19BrN2O2/c1-15(16-6-3-2-4-7-16)24-22(27)18-8-5-9-20(14-18)25-21(26)17-10-12-19(23)13-11-17/h2-15H,1H3,(H,24,27)(H,25,26). The van der Waals surface area contributed by atoms with Crippen molar-refractivity contribution < 1.29 is 9.59 Å². The van der Waals surface area contributed by atoms with E-state index in [9.17, 15) is 9.59 Å². The first-order chi connectivity index (χ1) is 13.0. The largest absolute Gasteiger partial charge is 0.346 e. The van der Waals surface area contributed by atoms with Crippen LogP contribution < -0.4 is 10.6 Å². The van der Waals surface area contributed by atoms with Gasteiger partial charge in [0, 0.05) is 21.3 Å². The van der Waals surface area contributed by atoms with E-state index >= 15 is 0 Å². The summed E-state index contributed by atoms with van der Waals surface area (Å²) in [5, 5.41) is 5.80. The van der Waals surface area contributed by atoms with Gasteiger partial charge in [0.05, 0.1) is 6.04 Å². The monoisotopic (exact) mass is 422 g/mol. The maximum Gasteiger partial charge on any atom is 0.255 e. The Morgan fingerprint density at radius 2 is 1.52 bits per heavy atom. The van der Waals surface area contributed by atoms with Gasteiger partial charge in [-0.25, -0.2) is 0 Å². The first-order valence-corrected chi connectivity index (χ1v) is 9.35. The number of rotatable bonds is 5. The van der Waals surface area contributed by atoms with E-state index in [0.717, 1.165) is 10.0 Å². The molecule has 0 aromatic heterocycles. The Morgan fingerprint density at radius 1 is 0.815 bits per heavy atom. The van der Waals surface area contributed by atoms with Crippen molar-refractivity contribution in [1.29, 1.82) is 0 Å². The molecular formula is C22H19BrN2O2. The second-order valence-corrected chi connectivity index (χ2v) is 7.06. The van der Waals surface area contributed by atoms with E-state index in [4.69, 9.17) is 0 Å². The van der Waals surface area contributed by atoms with Gasteiger partial charge >= 0.3 is 0 Å². The zero-order chi connectivity index (χ0) is 19.2. The van der Waals surface area contributed by atoms with E-state index < -0.39 is 0 Å². The van der Waals surface area contributed by atoms with Crippen molar-refractivity contribution >= 4 is 33.4 Å². The summed E-state index contributed by atoms with van der Waals surface area (Å²) in [5.74, 6) is -0.413. The molecule has 2 N–H and O–H groups in total. The Bertz CT molecular complexity index is 940. The minimum Gasteiger partial charge on any atom is -0.346 e. The van der Waals surface area contributed by atoms with Gasteiger partial charge in [0.2, 0.25) is 0 Å². The highest BCUT2D eigenvalue weighted by molar-refractivity contribution is 9.10. The fourth-order valence-electron chi connectivity index (χ4n) is 2.65. The summed E-state index contributed by atoms with van der Waals surface area (Å²) in [5.41, 5.74) is 2.64. The van der Waals surface area contributed by atoms with Crippen molar-refractivity contribution in [2.75, 3.05) is 5.32 Å². The molecule has 136 valence electrons. The highest BCUT2D eigenvalue weighted by Gasteiger charge is 2.12. The Labute approximate surface area is 166 Å². The predicted octanol–water partition coefficient (Wildman–Crippen LogP) is 5.19. The summed E-state index contributed by atoms with van der Waals surface area (Å²) in [4.78, 5) is 24.9. The second kappa shape index (κ2) is 8.64. The lowest BCUT2D eigenvalue weighted by Gasteiger charge is -2.15. The number of benzene rings is 3. The summed E-state index contributed by atoms with van der Waals surface area (Å²) in [6.45, 7) is 1.94. The molecule has 3 aromatic rings. The molecule has 0 radical (unpaired) electrons. The third-order valence-electron chi connectivity index (χ3n) is 4.14. The van der Waals surface area contributed by atoms with E-state index in [1.807, 2.05) is 49.4 Å². The molecule has 4 nitrogen and oxygen atoms in total. The zero-order valence-corrected chi connectivity index (χ0v) is 16.4. The first kappa shape index (κ1) is 18.9. The van der Waals surface area contributed by atoms with E-state index in [-0.39, 0.29) is 17.9 Å². The molecule has 0 aliphatic heterocycles. The summed E-state index contributed by atoms with van der Waals surface area (Å²) in [6, 6.07) is 23.6. The van der Waals surface area contributed by atoms with Gasteiger partial charge in [0.15, 0.2) is 0 Å². The fourth-order valence-corrected chi connectivity index (χ4v) is 2.91. The quantitative estimate of drug-likeness (QED) is 0.593. The van der Waals surface area contributed by atoms with E-state index in [2.05, 4.69) is 26.6 Å². The molecule has 0 saturated heterocycles. The van der Waals surface area contributed by atoms with Crippen molar-refractivity contribution in [3.63, 3.8) is 0 Å². The maximum atomic E-state index is 12.5. The average molecular weight is 423 g/mol. The molecule has 0 spiro atoms. The van der Waals surface area contributed by atoms with Gasteiger partial charge in [-0.15, -0.1) is 0 Å². The number of carbonyl (C=O) groups excluding carboxylic acids is 2. The molecular weight excluding hydrogens is 404 g/mol. The summed E-state index contributed by atoms with van der Waals surface area (Å²) < 4.78 is 0.908. The van der Waals surface area contributed by atoms with Crippen molar-refractivity contribution in [3.8, 4) is 0 Å².